The molecule has 0 saturated carbocycles. The summed E-state index contributed by atoms with van der Waals surface area (Å²) in [7, 11) is 0. The molecule has 3 rings (SSSR count). The number of aromatic nitrogens is 3. The maximum atomic E-state index is 11.8. The summed E-state index contributed by atoms with van der Waals surface area (Å²) in [5.41, 5.74) is 6.52. The maximum Gasteiger partial charge on any atom is 0.228 e. The summed E-state index contributed by atoms with van der Waals surface area (Å²) < 4.78 is 0. The molecule has 3 heterocycles. The molecule has 0 aliphatic carbocycles. The molecule has 0 radical (unpaired) electrons. The highest BCUT2D eigenvalue weighted by Crippen LogP contribution is 2.28. The van der Waals surface area contributed by atoms with Crippen LogP contribution in [0.15, 0.2) is 18.2 Å². The highest BCUT2D eigenvalue weighted by Gasteiger charge is 2.22. The molecule has 1 fully saturated rings. The molecule has 4 N–H and O–H groups in total. The van der Waals surface area contributed by atoms with Crippen LogP contribution >= 0.6 is 11.6 Å². The van der Waals surface area contributed by atoms with E-state index in [2.05, 4.69) is 25.6 Å². The van der Waals surface area contributed by atoms with Crippen LogP contribution in [-0.4, -0.2) is 33.8 Å². The summed E-state index contributed by atoms with van der Waals surface area (Å²) in [6.07, 6.45) is 1.86. The molecule has 1 saturated heterocycles. The fourth-order valence-electron chi connectivity index (χ4n) is 2.54. The van der Waals surface area contributed by atoms with E-state index in [0.717, 1.165) is 6.42 Å². The summed E-state index contributed by atoms with van der Waals surface area (Å²) in [6.45, 7) is 0.977. The number of carbonyl (C=O) groups excluding carboxylic acids is 2. The van der Waals surface area contributed by atoms with Crippen LogP contribution in [0.5, 0.6) is 0 Å². The Bertz CT molecular complexity index is 814. The molecular weight excluding hydrogens is 346 g/mol. The lowest BCUT2D eigenvalue weighted by Crippen LogP contribution is -2.25. The molecule has 0 bridgehead atoms. The van der Waals surface area contributed by atoms with Crippen molar-refractivity contribution in [1.82, 2.24) is 15.0 Å². The van der Waals surface area contributed by atoms with Crippen LogP contribution in [0.25, 0.3) is 0 Å². The van der Waals surface area contributed by atoms with Gasteiger partial charge in [0.05, 0.1) is 12.2 Å². The summed E-state index contributed by atoms with van der Waals surface area (Å²) >= 11 is 5.97. The number of rotatable bonds is 6. The molecule has 9 nitrogen and oxygen atoms in total. The van der Waals surface area contributed by atoms with Gasteiger partial charge in [-0.25, -0.2) is 4.98 Å². The van der Waals surface area contributed by atoms with Gasteiger partial charge in [-0.15, -0.1) is 0 Å². The minimum atomic E-state index is -0.0201. The first-order valence-corrected chi connectivity index (χ1v) is 7.99. The van der Waals surface area contributed by atoms with Crippen molar-refractivity contribution in [2.45, 2.75) is 19.4 Å². The second-order valence-corrected chi connectivity index (χ2v) is 5.71. The SMILES string of the molecule is Nc1nc(Cl)c(NC=O)c(NCc2cccc(N3CCCC3=O)n2)n1. The van der Waals surface area contributed by atoms with Crippen molar-refractivity contribution >= 4 is 47.2 Å². The zero-order valence-electron chi connectivity index (χ0n) is 13.2. The molecule has 25 heavy (non-hydrogen) atoms. The number of pyridine rings is 1. The van der Waals surface area contributed by atoms with Crippen molar-refractivity contribution in [2.75, 3.05) is 27.8 Å². The summed E-state index contributed by atoms with van der Waals surface area (Å²) in [5, 5.41) is 5.50. The monoisotopic (exact) mass is 361 g/mol. The lowest BCUT2D eigenvalue weighted by molar-refractivity contribution is -0.117. The van der Waals surface area contributed by atoms with Crippen LogP contribution in [0.4, 0.5) is 23.3 Å². The zero-order valence-corrected chi connectivity index (χ0v) is 14.0. The molecule has 1 aliphatic rings. The van der Waals surface area contributed by atoms with Crippen LogP contribution in [-0.2, 0) is 16.1 Å². The Morgan fingerprint density at radius 2 is 2.16 bits per heavy atom. The molecule has 2 aromatic heterocycles. The van der Waals surface area contributed by atoms with E-state index in [1.54, 1.807) is 11.0 Å². The van der Waals surface area contributed by atoms with Crippen molar-refractivity contribution in [3.05, 3.63) is 29.0 Å². The number of nitrogen functional groups attached to an aromatic ring is 1. The number of hydrogen-bond donors (Lipinski definition) is 3. The number of amides is 2. The molecule has 130 valence electrons. The first-order chi connectivity index (χ1) is 12.1. The van der Waals surface area contributed by atoms with Gasteiger partial charge in [-0.3, -0.25) is 14.5 Å². The van der Waals surface area contributed by atoms with E-state index in [4.69, 9.17) is 17.3 Å². The van der Waals surface area contributed by atoms with Gasteiger partial charge < -0.3 is 16.4 Å². The second kappa shape index (κ2) is 7.31. The van der Waals surface area contributed by atoms with Crippen LogP contribution in [0.3, 0.4) is 0 Å². The molecule has 2 aromatic rings. The van der Waals surface area contributed by atoms with Gasteiger partial charge in [0.15, 0.2) is 11.0 Å². The van der Waals surface area contributed by atoms with Gasteiger partial charge in [-0.2, -0.15) is 9.97 Å². The summed E-state index contributed by atoms with van der Waals surface area (Å²) in [4.78, 5) is 36.6. The van der Waals surface area contributed by atoms with Crippen LogP contribution in [0.1, 0.15) is 18.5 Å². The lowest BCUT2D eigenvalue weighted by Gasteiger charge is -2.16. The standard InChI is InChI=1S/C15H16ClN7O2/c16-13-12(19-8-24)14(22-15(17)21-13)18-7-9-3-1-4-10(20-9)23-6-2-5-11(23)25/h1,3-4,8H,2,5-7H2,(H,19,24)(H3,17,18,21,22). The zero-order chi connectivity index (χ0) is 17.8. The Balaban J connectivity index is 1.78. The van der Waals surface area contributed by atoms with Crippen molar-refractivity contribution in [1.29, 1.82) is 0 Å². The summed E-state index contributed by atoms with van der Waals surface area (Å²) in [6, 6.07) is 5.44. The molecule has 1 aliphatic heterocycles. The Hall–Kier alpha value is -2.94. The fourth-order valence-corrected chi connectivity index (χ4v) is 2.78. The van der Waals surface area contributed by atoms with E-state index >= 15 is 0 Å². The maximum absolute atomic E-state index is 11.8. The van der Waals surface area contributed by atoms with Gasteiger partial charge in [0.25, 0.3) is 0 Å². The van der Waals surface area contributed by atoms with E-state index in [0.29, 0.717) is 37.4 Å². The predicted octanol–water partition coefficient (Wildman–Crippen LogP) is 1.41. The predicted molar refractivity (Wildman–Crippen MR) is 94.3 cm³/mol. The number of halogens is 1. The quantitative estimate of drug-likeness (QED) is 0.524. The number of carbonyl (C=O) groups is 2. The number of nitrogens with one attached hydrogen (secondary N) is 2. The number of anilines is 4. The van der Waals surface area contributed by atoms with E-state index < -0.39 is 0 Å². The second-order valence-electron chi connectivity index (χ2n) is 5.35. The highest BCUT2D eigenvalue weighted by molar-refractivity contribution is 6.33. The smallest absolute Gasteiger partial charge is 0.228 e. The Kier molecular flexibility index (Phi) is 4.94. The number of hydrogen-bond acceptors (Lipinski definition) is 7. The lowest BCUT2D eigenvalue weighted by atomic mass is 10.3. The third-order valence-corrected chi connectivity index (χ3v) is 3.94. The van der Waals surface area contributed by atoms with E-state index in [9.17, 15) is 9.59 Å². The third kappa shape index (κ3) is 3.77. The molecule has 2 amide bonds. The number of nitrogens with two attached hydrogens (primary N) is 1. The molecular formula is C15H16ClN7O2. The molecule has 0 atom stereocenters. The van der Waals surface area contributed by atoms with Gasteiger partial charge >= 0.3 is 0 Å². The Morgan fingerprint density at radius 3 is 2.88 bits per heavy atom. The van der Waals surface area contributed by atoms with Crippen LogP contribution in [0, 0.1) is 0 Å². The van der Waals surface area contributed by atoms with E-state index in [-0.39, 0.29) is 28.5 Å². The molecule has 0 spiro atoms. The number of nitrogens with zero attached hydrogens (tertiary/aromatic N) is 4. The molecule has 0 unspecified atom stereocenters. The Morgan fingerprint density at radius 1 is 1.32 bits per heavy atom. The van der Waals surface area contributed by atoms with Gasteiger partial charge in [-0.1, -0.05) is 17.7 Å². The largest absolute Gasteiger partial charge is 0.368 e. The normalized spacial score (nSPS) is 13.8. The van der Waals surface area contributed by atoms with Crippen molar-refractivity contribution in [3.63, 3.8) is 0 Å². The first-order valence-electron chi connectivity index (χ1n) is 7.62. The van der Waals surface area contributed by atoms with E-state index in [1.165, 1.54) is 0 Å². The third-order valence-electron chi connectivity index (χ3n) is 3.66. The highest BCUT2D eigenvalue weighted by atomic mass is 35.5. The van der Waals surface area contributed by atoms with Gasteiger partial charge in [0.2, 0.25) is 18.3 Å². The van der Waals surface area contributed by atoms with Crippen LogP contribution in [0.2, 0.25) is 5.15 Å². The average Bonchev–Trinajstić information content (AvgIpc) is 3.02. The fraction of sp³-hybridized carbons (Fsp3) is 0.267. The first kappa shape index (κ1) is 16.9. The minimum Gasteiger partial charge on any atom is -0.368 e. The van der Waals surface area contributed by atoms with Crippen molar-refractivity contribution in [2.24, 2.45) is 0 Å². The molecule has 0 aromatic carbocycles. The van der Waals surface area contributed by atoms with Crippen molar-refractivity contribution < 1.29 is 9.59 Å². The topological polar surface area (TPSA) is 126 Å². The average molecular weight is 362 g/mol. The van der Waals surface area contributed by atoms with Gasteiger partial charge in [0.1, 0.15) is 11.5 Å². The van der Waals surface area contributed by atoms with Crippen LogP contribution < -0.4 is 21.3 Å². The van der Waals surface area contributed by atoms with Gasteiger partial charge in [-0.05, 0) is 18.6 Å². The minimum absolute atomic E-state index is 0.0201. The van der Waals surface area contributed by atoms with Crippen molar-refractivity contribution in [3.8, 4) is 0 Å². The van der Waals surface area contributed by atoms with Gasteiger partial charge in [0, 0.05) is 13.0 Å². The van der Waals surface area contributed by atoms with E-state index in [1.807, 2.05) is 12.1 Å². The Labute approximate surface area is 148 Å². The summed E-state index contributed by atoms with van der Waals surface area (Å²) in [5.74, 6) is 0.959. The molecule has 10 heteroatoms.